The molecule has 0 radical (unpaired) electrons. The molecule has 3 amide bonds. The number of imide groups is 1. The van der Waals surface area contributed by atoms with E-state index in [0.29, 0.717) is 23.2 Å². The Morgan fingerprint density at radius 1 is 1.00 bits per heavy atom. The lowest BCUT2D eigenvalue weighted by molar-refractivity contribution is 0.0642. The topological polar surface area (TPSA) is 69.7 Å². The third kappa shape index (κ3) is 4.55. The third-order valence-electron chi connectivity index (χ3n) is 5.57. The lowest BCUT2D eigenvalue weighted by atomic mass is 10.1. The highest BCUT2D eigenvalue weighted by Crippen LogP contribution is 2.26. The molecule has 0 saturated carbocycles. The van der Waals surface area contributed by atoms with Gasteiger partial charge in [-0.1, -0.05) is 29.8 Å². The quantitative estimate of drug-likeness (QED) is 0.719. The van der Waals surface area contributed by atoms with Gasteiger partial charge >= 0.3 is 0 Å². The van der Waals surface area contributed by atoms with Crippen LogP contribution in [-0.2, 0) is 6.54 Å². The molecule has 30 heavy (non-hydrogen) atoms. The SMILES string of the molecule is Cc1cccc(CN2C(=O)c3ccc(C(=O)NCCN4CCCC4)cc3C2=O)c1.Cl. The molecule has 2 aromatic carbocycles. The van der Waals surface area contributed by atoms with E-state index in [1.807, 2.05) is 31.2 Å². The number of aryl methyl sites for hydroxylation is 1. The maximum Gasteiger partial charge on any atom is 0.261 e. The molecular weight excluding hydrogens is 402 g/mol. The number of benzene rings is 2. The highest BCUT2D eigenvalue weighted by Gasteiger charge is 2.36. The van der Waals surface area contributed by atoms with Crippen LogP contribution in [0.5, 0.6) is 0 Å². The number of nitrogens with one attached hydrogen (secondary N) is 1. The summed E-state index contributed by atoms with van der Waals surface area (Å²) in [6.07, 6.45) is 2.43. The van der Waals surface area contributed by atoms with Crippen LogP contribution in [0.3, 0.4) is 0 Å². The fourth-order valence-electron chi connectivity index (χ4n) is 4.00. The van der Waals surface area contributed by atoms with E-state index >= 15 is 0 Å². The predicted molar refractivity (Wildman–Crippen MR) is 117 cm³/mol. The van der Waals surface area contributed by atoms with E-state index < -0.39 is 0 Å². The minimum absolute atomic E-state index is 0. The van der Waals surface area contributed by atoms with Gasteiger partial charge in [0, 0.05) is 18.7 Å². The number of halogens is 1. The Morgan fingerprint density at radius 2 is 1.73 bits per heavy atom. The Labute approximate surface area is 182 Å². The summed E-state index contributed by atoms with van der Waals surface area (Å²) in [5.74, 6) is -0.880. The molecule has 2 aliphatic rings. The van der Waals surface area contributed by atoms with Crippen molar-refractivity contribution in [1.82, 2.24) is 15.1 Å². The molecule has 158 valence electrons. The van der Waals surface area contributed by atoms with Crippen molar-refractivity contribution in [2.24, 2.45) is 0 Å². The minimum Gasteiger partial charge on any atom is -0.351 e. The zero-order chi connectivity index (χ0) is 20.4. The lowest BCUT2D eigenvalue weighted by Gasteiger charge is -2.14. The molecule has 2 aliphatic heterocycles. The second-order valence-corrected chi connectivity index (χ2v) is 7.75. The Morgan fingerprint density at radius 3 is 2.47 bits per heavy atom. The summed E-state index contributed by atoms with van der Waals surface area (Å²) < 4.78 is 0. The highest BCUT2D eigenvalue weighted by molar-refractivity contribution is 6.22. The first kappa shape index (κ1) is 22.0. The number of nitrogens with zero attached hydrogens (tertiary/aromatic N) is 2. The van der Waals surface area contributed by atoms with E-state index in [1.165, 1.54) is 23.8 Å². The van der Waals surface area contributed by atoms with Gasteiger partial charge in [-0.15, -0.1) is 12.4 Å². The Hall–Kier alpha value is -2.70. The molecule has 0 unspecified atom stereocenters. The summed E-state index contributed by atoms with van der Waals surface area (Å²) in [4.78, 5) is 41.6. The monoisotopic (exact) mass is 427 g/mol. The molecule has 1 N–H and O–H groups in total. The average molecular weight is 428 g/mol. The predicted octanol–water partition coefficient (Wildman–Crippen LogP) is 3.04. The fourth-order valence-corrected chi connectivity index (χ4v) is 4.00. The van der Waals surface area contributed by atoms with Crippen molar-refractivity contribution >= 4 is 30.1 Å². The van der Waals surface area contributed by atoms with Gasteiger partial charge in [-0.25, -0.2) is 0 Å². The zero-order valence-electron chi connectivity index (χ0n) is 17.0. The van der Waals surface area contributed by atoms with Gasteiger partial charge in [0.05, 0.1) is 17.7 Å². The van der Waals surface area contributed by atoms with Crippen molar-refractivity contribution < 1.29 is 14.4 Å². The van der Waals surface area contributed by atoms with Gasteiger partial charge in [-0.05, 0) is 56.6 Å². The van der Waals surface area contributed by atoms with Crippen molar-refractivity contribution in [3.05, 3.63) is 70.3 Å². The van der Waals surface area contributed by atoms with E-state index in [0.717, 1.165) is 30.8 Å². The molecule has 0 spiro atoms. The van der Waals surface area contributed by atoms with Crippen LogP contribution in [0.4, 0.5) is 0 Å². The third-order valence-corrected chi connectivity index (χ3v) is 5.57. The van der Waals surface area contributed by atoms with Crippen molar-refractivity contribution in [2.45, 2.75) is 26.3 Å². The number of likely N-dealkylation sites (tertiary alicyclic amines) is 1. The average Bonchev–Trinajstić information content (AvgIpc) is 3.31. The van der Waals surface area contributed by atoms with Crippen LogP contribution in [0.2, 0.25) is 0 Å². The van der Waals surface area contributed by atoms with Gasteiger partial charge in [0.1, 0.15) is 0 Å². The number of hydrogen-bond donors (Lipinski definition) is 1. The van der Waals surface area contributed by atoms with E-state index in [4.69, 9.17) is 0 Å². The van der Waals surface area contributed by atoms with E-state index in [9.17, 15) is 14.4 Å². The number of rotatable bonds is 6. The van der Waals surface area contributed by atoms with E-state index in [1.54, 1.807) is 12.1 Å². The molecule has 1 fully saturated rings. The number of fused-ring (bicyclic) bond motifs is 1. The molecule has 0 atom stereocenters. The van der Waals surface area contributed by atoms with Crippen LogP contribution in [0.1, 0.15) is 55.0 Å². The number of hydrogen-bond acceptors (Lipinski definition) is 4. The van der Waals surface area contributed by atoms with Crippen LogP contribution < -0.4 is 5.32 Å². The zero-order valence-corrected chi connectivity index (χ0v) is 17.8. The largest absolute Gasteiger partial charge is 0.351 e. The Kier molecular flexibility index (Phi) is 6.90. The van der Waals surface area contributed by atoms with Crippen molar-refractivity contribution in [2.75, 3.05) is 26.2 Å². The molecule has 4 rings (SSSR count). The first-order valence-corrected chi connectivity index (χ1v) is 10.1. The normalized spacial score (nSPS) is 15.8. The molecular formula is C23H26ClN3O3. The first-order valence-electron chi connectivity index (χ1n) is 10.1. The Bertz CT molecular complexity index is 970. The lowest BCUT2D eigenvalue weighted by Crippen LogP contribution is -2.33. The summed E-state index contributed by atoms with van der Waals surface area (Å²) in [6.45, 7) is 5.77. The van der Waals surface area contributed by atoms with Gasteiger partial charge < -0.3 is 10.2 Å². The van der Waals surface area contributed by atoms with Crippen molar-refractivity contribution in [3.8, 4) is 0 Å². The van der Waals surface area contributed by atoms with Gasteiger partial charge in [-0.3, -0.25) is 19.3 Å². The summed E-state index contributed by atoms with van der Waals surface area (Å²) >= 11 is 0. The molecule has 0 aliphatic carbocycles. The second-order valence-electron chi connectivity index (χ2n) is 7.75. The molecule has 2 heterocycles. The summed E-state index contributed by atoms with van der Waals surface area (Å²) in [5, 5.41) is 2.91. The van der Waals surface area contributed by atoms with Gasteiger partial charge in [-0.2, -0.15) is 0 Å². The van der Waals surface area contributed by atoms with Crippen LogP contribution in [0, 0.1) is 6.92 Å². The second kappa shape index (κ2) is 9.41. The van der Waals surface area contributed by atoms with Crippen LogP contribution in [0.25, 0.3) is 0 Å². The standard InChI is InChI=1S/C23H25N3O3.ClH/c1-16-5-4-6-17(13-16)15-26-22(28)19-8-7-18(14-20(19)23(26)29)21(27)24-9-12-25-10-2-3-11-25;/h4-8,13-14H,2-3,9-12,15H2,1H3,(H,24,27);1H. The maximum absolute atomic E-state index is 12.8. The van der Waals surface area contributed by atoms with E-state index in [2.05, 4.69) is 10.2 Å². The molecule has 2 aromatic rings. The molecule has 0 aromatic heterocycles. The highest BCUT2D eigenvalue weighted by atomic mass is 35.5. The van der Waals surface area contributed by atoms with Crippen molar-refractivity contribution in [3.63, 3.8) is 0 Å². The maximum atomic E-state index is 12.8. The number of carbonyl (C=O) groups excluding carboxylic acids is 3. The molecule has 6 nitrogen and oxygen atoms in total. The number of carbonyl (C=O) groups is 3. The molecule has 0 bridgehead atoms. The summed E-state index contributed by atoms with van der Waals surface area (Å²) in [7, 11) is 0. The fraction of sp³-hybridized carbons (Fsp3) is 0.348. The van der Waals surface area contributed by atoms with Gasteiger partial charge in [0.25, 0.3) is 17.7 Å². The summed E-state index contributed by atoms with van der Waals surface area (Å²) in [6, 6.07) is 12.5. The molecule has 1 saturated heterocycles. The smallest absolute Gasteiger partial charge is 0.261 e. The first-order chi connectivity index (χ1) is 14.0. The van der Waals surface area contributed by atoms with E-state index in [-0.39, 0.29) is 36.7 Å². The summed E-state index contributed by atoms with van der Waals surface area (Å²) in [5.41, 5.74) is 3.04. The van der Waals surface area contributed by atoms with Gasteiger partial charge in [0.15, 0.2) is 0 Å². The van der Waals surface area contributed by atoms with Crippen molar-refractivity contribution in [1.29, 1.82) is 0 Å². The van der Waals surface area contributed by atoms with Crippen LogP contribution >= 0.6 is 12.4 Å². The minimum atomic E-state index is -0.349. The van der Waals surface area contributed by atoms with Crippen LogP contribution in [0.15, 0.2) is 42.5 Å². The van der Waals surface area contributed by atoms with Gasteiger partial charge in [0.2, 0.25) is 0 Å². The van der Waals surface area contributed by atoms with Crippen LogP contribution in [-0.4, -0.2) is 53.7 Å². The Balaban J connectivity index is 0.00000256. The molecule has 7 heteroatoms. The number of amides is 3.